The number of rotatable bonds is 7. The minimum atomic E-state index is -0.431. The number of benzene rings is 2. The van der Waals surface area contributed by atoms with Gasteiger partial charge in [0.2, 0.25) is 0 Å². The van der Waals surface area contributed by atoms with Crippen molar-refractivity contribution in [1.29, 1.82) is 0 Å². The molecule has 3 heterocycles. The Kier molecular flexibility index (Phi) is 7.50. The maximum absolute atomic E-state index is 12.7. The zero-order chi connectivity index (χ0) is 24.9. The topological polar surface area (TPSA) is 86.4 Å². The van der Waals surface area contributed by atoms with Crippen LogP contribution in [0.4, 0.5) is 11.4 Å². The summed E-state index contributed by atoms with van der Waals surface area (Å²) in [6.07, 6.45) is 1.66. The number of hydrogen-bond donors (Lipinski definition) is 2. The molecule has 0 aliphatic carbocycles. The van der Waals surface area contributed by atoms with Crippen LogP contribution in [0.3, 0.4) is 0 Å². The molecule has 9 nitrogen and oxygen atoms in total. The van der Waals surface area contributed by atoms with Crippen LogP contribution in [0.1, 0.15) is 15.9 Å². The van der Waals surface area contributed by atoms with Crippen molar-refractivity contribution in [1.82, 2.24) is 15.1 Å². The molecule has 190 valence electrons. The summed E-state index contributed by atoms with van der Waals surface area (Å²) in [7, 11) is 2.14. The van der Waals surface area contributed by atoms with Crippen LogP contribution in [0.5, 0.6) is 5.75 Å². The van der Waals surface area contributed by atoms with E-state index >= 15 is 0 Å². The third-order valence-corrected chi connectivity index (χ3v) is 6.90. The third kappa shape index (κ3) is 5.70. The molecular formula is C27H33N5O4. The number of morpholine rings is 1. The average molecular weight is 492 g/mol. The van der Waals surface area contributed by atoms with E-state index in [1.54, 1.807) is 24.4 Å². The number of anilines is 2. The Morgan fingerprint density at radius 1 is 0.944 bits per heavy atom. The Balaban J connectivity index is 1.27. The molecule has 0 spiro atoms. The average Bonchev–Trinajstić information content (AvgIpc) is 2.90. The van der Waals surface area contributed by atoms with E-state index in [0.717, 1.165) is 64.7 Å². The summed E-state index contributed by atoms with van der Waals surface area (Å²) >= 11 is 0. The zero-order valence-electron chi connectivity index (χ0n) is 20.7. The van der Waals surface area contributed by atoms with Gasteiger partial charge in [-0.2, -0.15) is 0 Å². The molecule has 2 aromatic rings. The quantitative estimate of drug-likeness (QED) is 0.449. The molecule has 0 unspecified atom stereocenters. The predicted molar refractivity (Wildman–Crippen MR) is 139 cm³/mol. The van der Waals surface area contributed by atoms with E-state index in [-0.39, 0.29) is 0 Å². The van der Waals surface area contributed by atoms with Gasteiger partial charge < -0.3 is 24.6 Å². The summed E-state index contributed by atoms with van der Waals surface area (Å²) in [6, 6.07) is 13.4. The lowest BCUT2D eigenvalue weighted by Gasteiger charge is -2.34. The number of hydrogen-bond acceptors (Lipinski definition) is 8. The first-order valence-corrected chi connectivity index (χ1v) is 12.5. The molecule has 5 rings (SSSR count). The first-order chi connectivity index (χ1) is 17.6. The van der Waals surface area contributed by atoms with Crippen molar-refractivity contribution in [3.05, 3.63) is 59.8 Å². The van der Waals surface area contributed by atoms with Gasteiger partial charge in [-0.15, -0.1) is 0 Å². The number of amides is 2. The molecule has 0 bridgehead atoms. The van der Waals surface area contributed by atoms with Crippen molar-refractivity contribution >= 4 is 28.8 Å². The maximum Gasteiger partial charge on any atom is 0.260 e. The van der Waals surface area contributed by atoms with E-state index < -0.39 is 11.8 Å². The number of carbonyl (C=O) groups is 2. The van der Waals surface area contributed by atoms with Crippen molar-refractivity contribution in [2.45, 2.75) is 0 Å². The van der Waals surface area contributed by atoms with Crippen LogP contribution in [0.25, 0.3) is 5.57 Å². The van der Waals surface area contributed by atoms with Crippen LogP contribution in [0.2, 0.25) is 0 Å². The molecule has 2 N–H and O–H groups in total. The minimum absolute atomic E-state index is 0.395. The van der Waals surface area contributed by atoms with Crippen LogP contribution < -0.4 is 20.3 Å². The van der Waals surface area contributed by atoms with Gasteiger partial charge in [0, 0.05) is 74.5 Å². The van der Waals surface area contributed by atoms with Crippen molar-refractivity contribution in [3.63, 3.8) is 0 Å². The smallest absolute Gasteiger partial charge is 0.260 e. The van der Waals surface area contributed by atoms with E-state index in [1.807, 2.05) is 12.1 Å². The van der Waals surface area contributed by atoms with Crippen LogP contribution in [0, 0.1) is 0 Å². The highest BCUT2D eigenvalue weighted by atomic mass is 16.5. The first-order valence-electron chi connectivity index (χ1n) is 12.5. The van der Waals surface area contributed by atoms with E-state index in [1.165, 1.54) is 5.69 Å². The van der Waals surface area contributed by atoms with Crippen LogP contribution >= 0.6 is 0 Å². The SMILES string of the molecule is CN1CCN(c2ccc(N/C=C3\C(=O)NC(=O)c4ccc(OCCN5CCOCC5)cc43)cc2)CC1. The van der Waals surface area contributed by atoms with Crippen molar-refractivity contribution < 1.29 is 19.1 Å². The molecule has 2 amide bonds. The molecule has 9 heteroatoms. The number of piperazine rings is 1. The van der Waals surface area contributed by atoms with Gasteiger partial charge in [0.25, 0.3) is 11.8 Å². The Bertz CT molecular complexity index is 1120. The lowest BCUT2D eigenvalue weighted by Crippen LogP contribution is -2.44. The summed E-state index contributed by atoms with van der Waals surface area (Å²) in [6.45, 7) is 8.74. The summed E-state index contributed by atoms with van der Waals surface area (Å²) in [4.78, 5) is 32.1. The number of fused-ring (bicyclic) bond motifs is 1. The minimum Gasteiger partial charge on any atom is -0.492 e. The molecule has 2 aromatic carbocycles. The van der Waals surface area contributed by atoms with Gasteiger partial charge in [-0.1, -0.05) is 0 Å². The monoisotopic (exact) mass is 491 g/mol. The fourth-order valence-corrected chi connectivity index (χ4v) is 4.64. The van der Waals surface area contributed by atoms with Crippen LogP contribution in [-0.2, 0) is 9.53 Å². The second kappa shape index (κ2) is 11.1. The first kappa shape index (κ1) is 24.3. The summed E-state index contributed by atoms with van der Waals surface area (Å²) in [5.41, 5.74) is 3.46. The largest absolute Gasteiger partial charge is 0.492 e. The fraction of sp³-hybridized carbons (Fsp3) is 0.407. The highest BCUT2D eigenvalue weighted by molar-refractivity contribution is 6.31. The summed E-state index contributed by atoms with van der Waals surface area (Å²) < 4.78 is 11.3. The normalized spacial score (nSPS) is 20.2. The Labute approximate surface area is 211 Å². The van der Waals surface area contributed by atoms with Crippen molar-refractivity contribution in [3.8, 4) is 5.75 Å². The van der Waals surface area contributed by atoms with Crippen LogP contribution in [-0.4, -0.2) is 94.3 Å². The third-order valence-electron chi connectivity index (χ3n) is 6.90. The summed E-state index contributed by atoms with van der Waals surface area (Å²) in [5, 5.41) is 5.65. The molecule has 36 heavy (non-hydrogen) atoms. The molecule has 3 aliphatic heterocycles. The molecule has 3 aliphatic rings. The van der Waals surface area contributed by atoms with Gasteiger partial charge in [-0.25, -0.2) is 0 Å². The van der Waals surface area contributed by atoms with E-state index in [2.05, 4.69) is 44.5 Å². The number of nitrogens with one attached hydrogen (secondary N) is 2. The second-order valence-corrected chi connectivity index (χ2v) is 9.33. The van der Waals surface area contributed by atoms with Gasteiger partial charge in [0.1, 0.15) is 12.4 Å². The zero-order valence-corrected chi connectivity index (χ0v) is 20.7. The molecular weight excluding hydrogens is 458 g/mol. The molecule has 2 fully saturated rings. The van der Waals surface area contributed by atoms with Gasteiger partial charge >= 0.3 is 0 Å². The lowest BCUT2D eigenvalue weighted by molar-refractivity contribution is -0.114. The highest BCUT2D eigenvalue weighted by Crippen LogP contribution is 2.29. The number of nitrogens with zero attached hydrogens (tertiary/aromatic N) is 3. The van der Waals surface area contributed by atoms with Crippen molar-refractivity contribution in [2.24, 2.45) is 0 Å². The van der Waals surface area contributed by atoms with Crippen molar-refractivity contribution in [2.75, 3.05) is 82.9 Å². The van der Waals surface area contributed by atoms with Gasteiger partial charge in [-0.05, 0) is 49.5 Å². The van der Waals surface area contributed by atoms with E-state index in [4.69, 9.17) is 9.47 Å². The molecule has 0 aromatic heterocycles. The van der Waals surface area contributed by atoms with E-state index in [9.17, 15) is 9.59 Å². The lowest BCUT2D eigenvalue weighted by atomic mass is 9.95. The van der Waals surface area contributed by atoms with E-state index in [0.29, 0.717) is 29.1 Å². The summed E-state index contributed by atoms with van der Waals surface area (Å²) in [5.74, 6) is -0.199. The second-order valence-electron chi connectivity index (χ2n) is 9.33. The number of imide groups is 1. The number of ether oxygens (including phenoxy) is 2. The molecule has 2 saturated heterocycles. The Morgan fingerprint density at radius 2 is 1.69 bits per heavy atom. The van der Waals surface area contributed by atoms with Crippen LogP contribution in [0.15, 0.2) is 48.7 Å². The molecule has 0 atom stereocenters. The highest BCUT2D eigenvalue weighted by Gasteiger charge is 2.28. The molecule has 0 radical (unpaired) electrons. The number of likely N-dealkylation sites (N-methyl/N-ethyl adjacent to an activating group) is 1. The Morgan fingerprint density at radius 3 is 2.44 bits per heavy atom. The van der Waals surface area contributed by atoms with Gasteiger partial charge in [0.15, 0.2) is 0 Å². The fourth-order valence-electron chi connectivity index (χ4n) is 4.64. The maximum atomic E-state index is 12.7. The number of carbonyl (C=O) groups excluding carboxylic acids is 2. The predicted octanol–water partition coefficient (Wildman–Crippen LogP) is 1.87. The van der Waals surface area contributed by atoms with Gasteiger partial charge in [-0.3, -0.25) is 19.8 Å². The molecule has 0 saturated carbocycles. The standard InChI is InChI=1S/C27H33N5O4/c1-30-8-10-32(11-9-30)21-4-2-20(3-5-21)28-19-25-24-18-22(6-7-23(24)26(33)29-27(25)34)36-17-14-31-12-15-35-16-13-31/h2-7,18-19,28H,8-17H2,1H3,(H,29,33,34)/b25-19-. The Hall–Kier alpha value is -3.40. The van der Waals surface area contributed by atoms with Gasteiger partial charge in [0.05, 0.1) is 18.8 Å².